The maximum Gasteiger partial charge on any atom is 0.0707 e. The topological polar surface area (TPSA) is 24.5 Å². The van der Waals surface area contributed by atoms with E-state index in [4.69, 9.17) is 4.74 Å². The minimum absolute atomic E-state index is 0.416. The summed E-state index contributed by atoms with van der Waals surface area (Å²) >= 11 is 2.10. The first-order valence-corrected chi connectivity index (χ1v) is 8.80. The second-order valence-corrected chi connectivity index (χ2v) is 8.31. The number of hydrogen-bond acceptors (Lipinski definition) is 4. The van der Waals surface area contributed by atoms with Crippen LogP contribution in [-0.2, 0) is 4.74 Å². The largest absolute Gasteiger partial charge is 0.372 e. The minimum atomic E-state index is 0.416. The summed E-state index contributed by atoms with van der Waals surface area (Å²) in [6.45, 7) is 12.6. The predicted octanol–water partition coefficient (Wildman–Crippen LogP) is 2.36. The van der Waals surface area contributed by atoms with Gasteiger partial charge in [0.1, 0.15) is 0 Å². The smallest absolute Gasteiger partial charge is 0.0707 e. The van der Waals surface area contributed by atoms with Gasteiger partial charge in [-0.1, -0.05) is 6.92 Å². The Bertz CT molecular complexity index is 273. The van der Waals surface area contributed by atoms with Crippen molar-refractivity contribution in [2.75, 3.05) is 38.5 Å². The first kappa shape index (κ1) is 15.6. The molecular weight excluding hydrogens is 256 g/mol. The van der Waals surface area contributed by atoms with Crippen LogP contribution in [-0.4, -0.2) is 60.3 Å². The number of nitrogens with zero attached hydrogens (tertiary/aromatic N) is 1. The van der Waals surface area contributed by atoms with E-state index in [1.165, 1.54) is 38.1 Å². The van der Waals surface area contributed by atoms with Gasteiger partial charge in [0.05, 0.1) is 12.2 Å². The summed E-state index contributed by atoms with van der Waals surface area (Å²) in [5, 5.41) is 3.47. The Balaban J connectivity index is 1.67. The van der Waals surface area contributed by atoms with Crippen LogP contribution in [0.4, 0.5) is 0 Å². The molecule has 0 aromatic rings. The molecule has 4 heteroatoms. The summed E-state index contributed by atoms with van der Waals surface area (Å²) in [6.07, 6.45) is 4.59. The lowest BCUT2D eigenvalue weighted by molar-refractivity contribution is 0.0227. The summed E-state index contributed by atoms with van der Waals surface area (Å²) in [5.41, 5.74) is 0. The summed E-state index contributed by atoms with van der Waals surface area (Å²) in [7, 11) is 0. The summed E-state index contributed by atoms with van der Waals surface area (Å²) in [5.74, 6) is 1.27. The molecule has 0 amide bonds. The number of thioether (sulfide) groups is 1. The van der Waals surface area contributed by atoms with Gasteiger partial charge in [0.15, 0.2) is 0 Å². The lowest BCUT2D eigenvalue weighted by Gasteiger charge is -2.38. The fourth-order valence-corrected chi connectivity index (χ4v) is 4.24. The van der Waals surface area contributed by atoms with Crippen LogP contribution in [0.2, 0.25) is 0 Å². The van der Waals surface area contributed by atoms with E-state index in [2.05, 4.69) is 42.7 Å². The maximum atomic E-state index is 6.17. The molecule has 2 atom stereocenters. The number of nitrogens with one attached hydrogen (secondary N) is 1. The van der Waals surface area contributed by atoms with Gasteiger partial charge in [0, 0.05) is 36.7 Å². The average Bonchev–Trinajstić information content (AvgIpc) is 2.76. The highest BCUT2D eigenvalue weighted by molar-refractivity contribution is 8.00. The van der Waals surface area contributed by atoms with Crippen molar-refractivity contribution in [2.45, 2.75) is 57.0 Å². The van der Waals surface area contributed by atoms with E-state index >= 15 is 0 Å². The molecule has 0 spiro atoms. The van der Waals surface area contributed by atoms with Crippen LogP contribution in [0.15, 0.2) is 0 Å². The lowest BCUT2D eigenvalue weighted by atomic mass is 10.1. The molecule has 0 aromatic carbocycles. The van der Waals surface area contributed by atoms with Crippen molar-refractivity contribution in [1.29, 1.82) is 0 Å². The normalized spacial score (nSPS) is 31.7. The van der Waals surface area contributed by atoms with Crippen LogP contribution >= 0.6 is 11.8 Å². The first-order valence-electron chi connectivity index (χ1n) is 7.81. The third-order valence-electron chi connectivity index (χ3n) is 3.96. The van der Waals surface area contributed by atoms with Gasteiger partial charge >= 0.3 is 0 Å². The van der Waals surface area contributed by atoms with E-state index in [-0.39, 0.29) is 0 Å². The van der Waals surface area contributed by atoms with Crippen molar-refractivity contribution in [1.82, 2.24) is 10.2 Å². The molecule has 2 rings (SSSR count). The zero-order chi connectivity index (χ0) is 13.7. The molecule has 2 unspecified atom stereocenters. The molecule has 0 saturated carbocycles. The molecule has 0 aliphatic carbocycles. The summed E-state index contributed by atoms with van der Waals surface area (Å²) in [6, 6.07) is 0. The molecule has 0 aromatic heterocycles. The molecule has 0 radical (unpaired) electrons. The zero-order valence-corrected chi connectivity index (χ0v) is 13.6. The highest BCUT2D eigenvalue weighted by Gasteiger charge is 2.31. The summed E-state index contributed by atoms with van der Waals surface area (Å²) in [4.78, 5) is 2.60. The van der Waals surface area contributed by atoms with Crippen LogP contribution in [0.25, 0.3) is 0 Å². The van der Waals surface area contributed by atoms with Crippen molar-refractivity contribution >= 4 is 11.8 Å². The van der Waals surface area contributed by atoms with Crippen LogP contribution in [0.1, 0.15) is 40.0 Å². The fraction of sp³-hybridized carbons (Fsp3) is 1.00. The molecule has 0 bridgehead atoms. The van der Waals surface area contributed by atoms with Crippen LogP contribution in [0, 0.1) is 0 Å². The van der Waals surface area contributed by atoms with Gasteiger partial charge < -0.3 is 10.1 Å². The van der Waals surface area contributed by atoms with Gasteiger partial charge in [-0.15, -0.1) is 0 Å². The van der Waals surface area contributed by atoms with E-state index in [1.807, 2.05) is 0 Å². The predicted molar refractivity (Wildman–Crippen MR) is 84.0 cm³/mol. The van der Waals surface area contributed by atoms with E-state index in [9.17, 15) is 0 Å². The second kappa shape index (κ2) is 7.30. The highest BCUT2D eigenvalue weighted by atomic mass is 32.2. The van der Waals surface area contributed by atoms with Gasteiger partial charge in [-0.3, -0.25) is 4.90 Å². The van der Waals surface area contributed by atoms with Crippen molar-refractivity contribution in [3.05, 3.63) is 0 Å². The van der Waals surface area contributed by atoms with Gasteiger partial charge in [-0.25, -0.2) is 0 Å². The molecule has 2 aliphatic rings. The third-order valence-corrected chi connectivity index (χ3v) is 5.26. The molecular formula is C15H30N2OS. The minimum Gasteiger partial charge on any atom is -0.372 e. The van der Waals surface area contributed by atoms with E-state index < -0.39 is 0 Å². The van der Waals surface area contributed by atoms with Crippen molar-refractivity contribution < 1.29 is 4.74 Å². The standard InChI is InChI=1S/C15H30N2OS/c1-4-7-16-10-13-5-6-14(18-13)11-17-8-9-19-15(2,3)12-17/h13-14,16H,4-12H2,1-3H3. The number of hydrogen-bond donors (Lipinski definition) is 1. The van der Waals surface area contributed by atoms with Gasteiger partial charge in [0.25, 0.3) is 0 Å². The maximum absolute atomic E-state index is 6.17. The Labute approximate surface area is 122 Å². The lowest BCUT2D eigenvalue weighted by Crippen LogP contribution is -2.46. The van der Waals surface area contributed by atoms with Crippen LogP contribution < -0.4 is 5.32 Å². The molecule has 1 N–H and O–H groups in total. The first-order chi connectivity index (χ1) is 9.09. The second-order valence-electron chi connectivity index (χ2n) is 6.50. The van der Waals surface area contributed by atoms with Gasteiger partial charge in [-0.05, 0) is 39.7 Å². The number of rotatable bonds is 6. The Morgan fingerprint density at radius 1 is 1.32 bits per heavy atom. The van der Waals surface area contributed by atoms with Crippen molar-refractivity contribution in [3.8, 4) is 0 Å². The molecule has 2 heterocycles. The average molecular weight is 286 g/mol. The van der Waals surface area contributed by atoms with E-state index in [0.29, 0.717) is 17.0 Å². The molecule has 19 heavy (non-hydrogen) atoms. The Hall–Kier alpha value is 0.230. The van der Waals surface area contributed by atoms with Crippen molar-refractivity contribution in [3.63, 3.8) is 0 Å². The van der Waals surface area contributed by atoms with Crippen LogP contribution in [0.3, 0.4) is 0 Å². The monoisotopic (exact) mass is 286 g/mol. The SMILES string of the molecule is CCCNCC1CCC(CN2CCSC(C)(C)C2)O1. The summed E-state index contributed by atoms with van der Waals surface area (Å²) < 4.78 is 6.58. The number of ether oxygens (including phenoxy) is 1. The highest BCUT2D eigenvalue weighted by Crippen LogP contribution is 2.30. The Morgan fingerprint density at radius 2 is 2.11 bits per heavy atom. The van der Waals surface area contributed by atoms with Crippen molar-refractivity contribution in [2.24, 2.45) is 0 Å². The third kappa shape index (κ3) is 5.25. The van der Waals surface area contributed by atoms with Gasteiger partial charge in [0.2, 0.25) is 0 Å². The molecule has 2 aliphatic heterocycles. The quantitative estimate of drug-likeness (QED) is 0.758. The van der Waals surface area contributed by atoms with E-state index in [0.717, 1.165) is 19.6 Å². The molecule has 3 nitrogen and oxygen atoms in total. The molecule has 2 saturated heterocycles. The molecule has 112 valence electrons. The zero-order valence-electron chi connectivity index (χ0n) is 12.8. The molecule has 2 fully saturated rings. The van der Waals surface area contributed by atoms with E-state index in [1.54, 1.807) is 0 Å². The van der Waals surface area contributed by atoms with Crippen LogP contribution in [0.5, 0.6) is 0 Å². The van der Waals surface area contributed by atoms with Gasteiger partial charge in [-0.2, -0.15) is 11.8 Å². The Morgan fingerprint density at radius 3 is 2.84 bits per heavy atom. The Kier molecular flexibility index (Phi) is 6.00. The fourth-order valence-electron chi connectivity index (χ4n) is 3.06.